The van der Waals surface area contributed by atoms with Crippen LogP contribution in [-0.4, -0.2) is 117 Å². The summed E-state index contributed by atoms with van der Waals surface area (Å²) in [6.07, 6.45) is 3.96. The summed E-state index contributed by atoms with van der Waals surface area (Å²) in [6.45, 7) is 6.81. The zero-order valence-electron chi connectivity index (χ0n) is 42.1. The number of likely N-dealkylation sites (tertiary alicyclic amines) is 1. The summed E-state index contributed by atoms with van der Waals surface area (Å²) < 4.78 is 30.1. The molecule has 19 heteroatoms. The molecule has 3 N–H and O–H groups in total. The van der Waals surface area contributed by atoms with Gasteiger partial charge in [0.25, 0.3) is 0 Å². The summed E-state index contributed by atoms with van der Waals surface area (Å²) in [5.41, 5.74) is 1.14. The summed E-state index contributed by atoms with van der Waals surface area (Å²) in [4.78, 5) is 66.0. The Balaban J connectivity index is 1.17. The highest BCUT2D eigenvalue weighted by Crippen LogP contribution is 2.35. The van der Waals surface area contributed by atoms with Gasteiger partial charge in [-0.2, -0.15) is 4.73 Å². The van der Waals surface area contributed by atoms with Crippen LogP contribution in [0.3, 0.4) is 0 Å². The van der Waals surface area contributed by atoms with Crippen molar-refractivity contribution in [3.8, 4) is 22.8 Å². The number of imidazole rings is 1. The molecule has 0 saturated carbocycles. The minimum absolute atomic E-state index is 0.0290. The molecule has 0 spiro atoms. The van der Waals surface area contributed by atoms with Gasteiger partial charge in [0.15, 0.2) is 11.9 Å². The average Bonchev–Trinajstić information content (AvgIpc) is 3.68. The van der Waals surface area contributed by atoms with Gasteiger partial charge in [-0.3, -0.25) is 19.2 Å². The van der Waals surface area contributed by atoms with Gasteiger partial charge in [0.05, 0.1) is 49.0 Å². The maximum atomic E-state index is 15.6. The number of esters is 1. The molecule has 6 rings (SSSR count). The maximum Gasteiger partial charge on any atom is 0.307 e. The lowest BCUT2D eigenvalue weighted by Gasteiger charge is -2.49. The number of pyridine rings is 1. The number of benzene rings is 3. The second-order valence-corrected chi connectivity index (χ2v) is 20.6. The molecule has 3 unspecified atom stereocenters. The Morgan fingerprint density at radius 1 is 1.01 bits per heavy atom. The minimum Gasteiger partial charge on any atom is -0.619 e. The van der Waals surface area contributed by atoms with E-state index in [0.717, 1.165) is 28.7 Å². The molecule has 1 saturated heterocycles. The molecular weight excluding hydrogens is 967 g/mol. The van der Waals surface area contributed by atoms with E-state index < -0.39 is 65.3 Å². The number of nitrogens with zero attached hydrogens (tertiary/aromatic N) is 6. The first-order valence-corrected chi connectivity index (χ1v) is 24.6. The van der Waals surface area contributed by atoms with E-state index in [1.165, 1.54) is 24.1 Å². The summed E-state index contributed by atoms with van der Waals surface area (Å²) >= 11 is 12.5. The number of aliphatic hydroxyl groups excluding tert-OH is 1. The molecule has 0 radical (unpaired) electrons. The fourth-order valence-corrected chi connectivity index (χ4v) is 9.21. The number of piperidine rings is 1. The third-order valence-corrected chi connectivity index (χ3v) is 13.2. The highest BCUT2D eigenvalue weighted by atomic mass is 35.5. The largest absolute Gasteiger partial charge is 0.619 e. The number of hydrogen-bond donors (Lipinski definition) is 3. The minimum atomic E-state index is -1.41. The third kappa shape index (κ3) is 14.3. The van der Waals surface area contributed by atoms with E-state index in [1.807, 2.05) is 54.9 Å². The molecule has 2 aromatic heterocycles. The molecular formula is C53H65Cl2FN8O8. The monoisotopic (exact) mass is 1030 g/mol. The fraction of sp³-hybridized carbons (Fsp3) is 0.434. The van der Waals surface area contributed by atoms with Crippen LogP contribution in [0.4, 0.5) is 4.39 Å². The molecule has 3 aromatic carbocycles. The van der Waals surface area contributed by atoms with Crippen molar-refractivity contribution in [3.63, 3.8) is 0 Å². The van der Waals surface area contributed by atoms with Crippen LogP contribution in [0.5, 0.6) is 11.5 Å². The zero-order valence-corrected chi connectivity index (χ0v) is 43.6. The van der Waals surface area contributed by atoms with E-state index in [9.17, 15) is 29.5 Å². The number of carbonyl (C=O) groups excluding carboxylic acids is 4. The molecule has 1 aliphatic rings. The number of halogens is 3. The summed E-state index contributed by atoms with van der Waals surface area (Å²) in [6, 6.07) is 19.5. The number of likely N-dealkylation sites (N-methyl/N-ethyl adjacent to an activating group) is 1. The van der Waals surface area contributed by atoms with Gasteiger partial charge in [-0.1, -0.05) is 41.4 Å². The zero-order chi connectivity index (χ0) is 52.5. The molecule has 3 heterocycles. The van der Waals surface area contributed by atoms with Crippen molar-refractivity contribution in [3.05, 3.63) is 135 Å². The second kappa shape index (κ2) is 24.1. The Morgan fingerprint density at radius 3 is 2.38 bits per heavy atom. The Labute approximate surface area is 430 Å². The van der Waals surface area contributed by atoms with Gasteiger partial charge in [-0.15, -0.1) is 0 Å². The standard InChI is InChI=1S/C53H65Cl2FN8O8/c1-34(57-29-42-43(56)26-39(55)27-46(42)71-41-19-15-36(16-20-41)45-30-58-47(61(45)7)31-60(5)6)49(67)59-44(32-65)51(69)62(8)53(28-35-13-17-38(54)18-14-35)21-11-22-63(33-53)50(68)37(25-48(66)72-52(2,3)4)24-40-12-9-10-23-64(40)70/h9-10,12-20,23,26-27,30,34,37,44,57,65H,11,21-22,24-25,28-29,31-33H2,1-8H3,(H,59,67)/t34?,37?,44?,53-/m1/s1. The highest BCUT2D eigenvalue weighted by molar-refractivity contribution is 6.31. The van der Waals surface area contributed by atoms with Gasteiger partial charge in [-0.25, -0.2) is 9.37 Å². The van der Waals surface area contributed by atoms with E-state index in [2.05, 4.69) is 15.6 Å². The normalized spacial score (nSPS) is 16.2. The first-order valence-electron chi connectivity index (χ1n) is 23.8. The molecule has 5 aromatic rings. The summed E-state index contributed by atoms with van der Waals surface area (Å²) in [5, 5.41) is 29.8. The average molecular weight is 1030 g/mol. The molecule has 4 atom stereocenters. The Bertz CT molecular complexity index is 2700. The Morgan fingerprint density at radius 2 is 1.72 bits per heavy atom. The van der Waals surface area contributed by atoms with Crippen LogP contribution < -0.4 is 20.1 Å². The van der Waals surface area contributed by atoms with E-state index in [1.54, 1.807) is 81.4 Å². The first-order chi connectivity index (χ1) is 34.1. The van der Waals surface area contributed by atoms with Crippen molar-refractivity contribution in [2.75, 3.05) is 40.8 Å². The molecule has 1 fully saturated rings. The molecule has 72 heavy (non-hydrogen) atoms. The van der Waals surface area contributed by atoms with Gasteiger partial charge < -0.3 is 49.7 Å². The van der Waals surface area contributed by atoms with Crippen molar-refractivity contribution in [2.24, 2.45) is 13.0 Å². The fourth-order valence-electron chi connectivity index (χ4n) is 8.89. The SMILES string of the molecule is CC(NCc1c(F)cc(Cl)cc1Oc1ccc(-c2cnc(CN(C)C)n2C)cc1)C(=O)NC(CO)C(=O)N(C)[C@@]1(Cc2ccc(Cl)cc2)CCCN(C(=O)C(CC(=O)OC(C)(C)C)Cc2cccc[n+]2[O-])C1. The van der Waals surface area contributed by atoms with Crippen molar-refractivity contribution >= 4 is 46.9 Å². The van der Waals surface area contributed by atoms with E-state index in [-0.39, 0.29) is 48.7 Å². The number of aromatic nitrogens is 3. The Hall–Kier alpha value is -6.11. The lowest BCUT2D eigenvalue weighted by Crippen LogP contribution is -2.65. The number of nitrogens with one attached hydrogen (secondary N) is 2. The molecule has 3 amide bonds. The number of hydrogen-bond acceptors (Lipinski definition) is 11. The van der Waals surface area contributed by atoms with Crippen molar-refractivity contribution in [2.45, 2.75) is 96.1 Å². The number of aliphatic hydroxyl groups is 1. The lowest BCUT2D eigenvalue weighted by molar-refractivity contribution is -0.614. The number of ether oxygens (including phenoxy) is 2. The predicted molar refractivity (Wildman–Crippen MR) is 272 cm³/mol. The third-order valence-electron chi connectivity index (χ3n) is 12.7. The Kier molecular flexibility index (Phi) is 18.5. The lowest BCUT2D eigenvalue weighted by atomic mass is 9.80. The van der Waals surface area contributed by atoms with Crippen LogP contribution >= 0.6 is 23.2 Å². The maximum absolute atomic E-state index is 15.6. The molecule has 0 bridgehead atoms. The van der Waals surface area contributed by atoms with Gasteiger partial charge in [-0.05, 0) is 115 Å². The van der Waals surface area contributed by atoms with Crippen LogP contribution in [0.15, 0.2) is 91.3 Å². The van der Waals surface area contributed by atoms with E-state index in [4.69, 9.17) is 32.7 Å². The smallest absolute Gasteiger partial charge is 0.307 e. The van der Waals surface area contributed by atoms with Crippen LogP contribution in [0.2, 0.25) is 10.0 Å². The number of amides is 3. The first kappa shape index (κ1) is 55.2. The van der Waals surface area contributed by atoms with Gasteiger partial charge in [0, 0.05) is 73.5 Å². The highest BCUT2D eigenvalue weighted by Gasteiger charge is 2.46. The van der Waals surface area contributed by atoms with Crippen LogP contribution in [0, 0.1) is 16.9 Å². The molecule has 386 valence electrons. The summed E-state index contributed by atoms with van der Waals surface area (Å²) in [5.74, 6) is -2.45. The topological polar surface area (TPSA) is 186 Å². The van der Waals surface area contributed by atoms with E-state index >= 15 is 4.39 Å². The van der Waals surface area contributed by atoms with E-state index in [0.29, 0.717) is 47.1 Å². The van der Waals surface area contributed by atoms with Gasteiger partial charge in [0.1, 0.15) is 34.8 Å². The van der Waals surface area contributed by atoms with Crippen LogP contribution in [0.25, 0.3) is 11.3 Å². The van der Waals surface area contributed by atoms with Gasteiger partial charge >= 0.3 is 5.97 Å². The molecule has 1 aliphatic heterocycles. The van der Waals surface area contributed by atoms with Crippen molar-refractivity contribution in [1.82, 2.24) is 34.9 Å². The van der Waals surface area contributed by atoms with Crippen LogP contribution in [-0.2, 0) is 56.9 Å². The van der Waals surface area contributed by atoms with Crippen molar-refractivity contribution in [1.29, 1.82) is 0 Å². The summed E-state index contributed by atoms with van der Waals surface area (Å²) in [7, 11) is 7.47. The molecule has 0 aliphatic carbocycles. The van der Waals surface area contributed by atoms with Crippen LogP contribution in [0.1, 0.15) is 69.6 Å². The number of rotatable bonds is 20. The second-order valence-electron chi connectivity index (χ2n) is 19.7. The predicted octanol–water partition coefficient (Wildman–Crippen LogP) is 6.63. The van der Waals surface area contributed by atoms with Gasteiger partial charge in [0.2, 0.25) is 17.7 Å². The number of carbonyl (C=O) groups is 4. The van der Waals surface area contributed by atoms with Crippen molar-refractivity contribution < 1.29 is 42.9 Å². The quantitative estimate of drug-likeness (QED) is 0.0432. The molecule has 16 nitrogen and oxygen atoms in total.